The minimum atomic E-state index is 0.611. The summed E-state index contributed by atoms with van der Waals surface area (Å²) < 4.78 is 0. The van der Waals surface area contributed by atoms with Crippen molar-refractivity contribution >= 4 is 21.5 Å². The van der Waals surface area contributed by atoms with Gasteiger partial charge in [0.15, 0.2) is 23.3 Å². The van der Waals surface area contributed by atoms with Gasteiger partial charge in [0.1, 0.15) is 0 Å². The van der Waals surface area contributed by atoms with E-state index in [0.29, 0.717) is 23.3 Å². The molecule has 9 rings (SSSR count). The van der Waals surface area contributed by atoms with Crippen molar-refractivity contribution in [1.82, 2.24) is 24.9 Å². The van der Waals surface area contributed by atoms with E-state index >= 15 is 0 Å². The van der Waals surface area contributed by atoms with Gasteiger partial charge in [-0.3, -0.25) is 0 Å². The highest BCUT2D eigenvalue weighted by Crippen LogP contribution is 2.39. The zero-order valence-electron chi connectivity index (χ0n) is 27.0. The lowest BCUT2D eigenvalue weighted by molar-refractivity contribution is 1.07. The summed E-state index contributed by atoms with van der Waals surface area (Å²) in [6.45, 7) is 0. The first-order chi connectivity index (χ1) is 24.8. The second-order valence-corrected chi connectivity index (χ2v) is 12.2. The molecule has 0 unspecified atom stereocenters. The van der Waals surface area contributed by atoms with Crippen LogP contribution >= 0.6 is 0 Å². The predicted molar refractivity (Wildman–Crippen MR) is 203 cm³/mol. The van der Waals surface area contributed by atoms with E-state index < -0.39 is 0 Å². The fraction of sp³-hybridized carbons (Fsp3) is 0. The van der Waals surface area contributed by atoms with Crippen LogP contribution in [0.3, 0.4) is 0 Å². The molecular weight excluding hydrogens is 611 g/mol. The van der Waals surface area contributed by atoms with Gasteiger partial charge in [-0.05, 0) is 74.1 Å². The first-order valence-electron chi connectivity index (χ1n) is 16.6. The van der Waals surface area contributed by atoms with Crippen LogP contribution in [0.25, 0.3) is 89.4 Å². The van der Waals surface area contributed by atoms with Crippen molar-refractivity contribution in [2.45, 2.75) is 0 Å². The average molecular weight is 640 g/mol. The number of hydrogen-bond acceptors (Lipinski definition) is 5. The van der Waals surface area contributed by atoms with Gasteiger partial charge in [0.2, 0.25) is 0 Å². The SMILES string of the molecule is c1ccc(-c2nc(-c3ccccc3)nc(-c3cc(-c4ccc(-c5ncccn5)cc4)cc(-c4cc5ccccc5c5ccccc45)c3)n2)cc1. The van der Waals surface area contributed by atoms with E-state index in [-0.39, 0.29) is 0 Å². The highest BCUT2D eigenvalue weighted by atomic mass is 15.0. The normalized spacial score (nSPS) is 11.2. The molecule has 50 heavy (non-hydrogen) atoms. The summed E-state index contributed by atoms with van der Waals surface area (Å²) >= 11 is 0. The molecule has 0 amide bonds. The third kappa shape index (κ3) is 5.57. The van der Waals surface area contributed by atoms with Crippen molar-refractivity contribution in [3.8, 4) is 67.8 Å². The summed E-state index contributed by atoms with van der Waals surface area (Å²) in [5, 5.41) is 4.84. The van der Waals surface area contributed by atoms with Gasteiger partial charge in [0.05, 0.1) is 0 Å². The van der Waals surface area contributed by atoms with Crippen molar-refractivity contribution < 1.29 is 0 Å². The largest absolute Gasteiger partial charge is 0.237 e. The number of fused-ring (bicyclic) bond motifs is 3. The van der Waals surface area contributed by atoms with Crippen LogP contribution in [0.2, 0.25) is 0 Å². The monoisotopic (exact) mass is 639 g/mol. The first-order valence-corrected chi connectivity index (χ1v) is 16.6. The first kappa shape index (κ1) is 29.3. The molecule has 5 nitrogen and oxygen atoms in total. The molecule has 2 heterocycles. The van der Waals surface area contributed by atoms with Gasteiger partial charge in [-0.2, -0.15) is 0 Å². The second-order valence-electron chi connectivity index (χ2n) is 12.2. The fourth-order valence-electron chi connectivity index (χ4n) is 6.57. The molecule has 9 aromatic rings. The molecule has 0 atom stereocenters. The molecule has 0 N–H and O–H groups in total. The molecule has 0 aliphatic carbocycles. The molecule has 5 heteroatoms. The highest BCUT2D eigenvalue weighted by Gasteiger charge is 2.16. The molecule has 0 aliphatic heterocycles. The van der Waals surface area contributed by atoms with Gasteiger partial charge in [0.25, 0.3) is 0 Å². The maximum absolute atomic E-state index is 5.10. The Morgan fingerprint density at radius 3 is 1.42 bits per heavy atom. The Morgan fingerprint density at radius 1 is 0.280 bits per heavy atom. The molecule has 2 aromatic heterocycles. The minimum absolute atomic E-state index is 0.611. The lowest BCUT2D eigenvalue weighted by Crippen LogP contribution is -2.00. The minimum Gasteiger partial charge on any atom is -0.237 e. The Balaban J connectivity index is 1.28. The number of rotatable bonds is 6. The Morgan fingerprint density at radius 2 is 0.760 bits per heavy atom. The summed E-state index contributed by atoms with van der Waals surface area (Å²) in [7, 11) is 0. The van der Waals surface area contributed by atoms with Gasteiger partial charge in [-0.25, -0.2) is 24.9 Å². The van der Waals surface area contributed by atoms with Crippen molar-refractivity contribution in [3.05, 3.63) is 176 Å². The van der Waals surface area contributed by atoms with E-state index in [9.17, 15) is 0 Å². The van der Waals surface area contributed by atoms with E-state index in [1.807, 2.05) is 66.7 Å². The summed E-state index contributed by atoms with van der Waals surface area (Å²) in [6.07, 6.45) is 3.53. The van der Waals surface area contributed by atoms with Crippen LogP contribution in [0.5, 0.6) is 0 Å². The molecule has 0 fully saturated rings. The van der Waals surface area contributed by atoms with E-state index in [0.717, 1.165) is 44.5 Å². The zero-order chi connectivity index (χ0) is 33.3. The van der Waals surface area contributed by atoms with Crippen LogP contribution in [0.4, 0.5) is 0 Å². The van der Waals surface area contributed by atoms with Crippen molar-refractivity contribution in [3.63, 3.8) is 0 Å². The molecule has 7 aromatic carbocycles. The van der Waals surface area contributed by atoms with E-state index in [1.165, 1.54) is 21.5 Å². The topological polar surface area (TPSA) is 64.5 Å². The quantitative estimate of drug-likeness (QED) is 0.169. The highest BCUT2D eigenvalue weighted by molar-refractivity contribution is 6.14. The van der Waals surface area contributed by atoms with E-state index in [1.54, 1.807) is 12.4 Å². The van der Waals surface area contributed by atoms with Gasteiger partial charge in [-0.15, -0.1) is 0 Å². The summed E-state index contributed by atoms with van der Waals surface area (Å²) in [5.41, 5.74) is 8.09. The molecular formula is C45H29N5. The maximum atomic E-state index is 5.10. The summed E-state index contributed by atoms with van der Waals surface area (Å²) in [5.74, 6) is 2.57. The predicted octanol–water partition coefficient (Wildman–Crippen LogP) is 11.0. The van der Waals surface area contributed by atoms with E-state index in [4.69, 9.17) is 15.0 Å². The Labute approximate surface area is 289 Å². The van der Waals surface area contributed by atoms with Crippen LogP contribution in [0.1, 0.15) is 0 Å². The van der Waals surface area contributed by atoms with Crippen molar-refractivity contribution in [2.24, 2.45) is 0 Å². The maximum Gasteiger partial charge on any atom is 0.164 e. The van der Waals surface area contributed by atoms with Crippen LogP contribution in [-0.2, 0) is 0 Å². The van der Waals surface area contributed by atoms with Crippen LogP contribution in [-0.4, -0.2) is 24.9 Å². The van der Waals surface area contributed by atoms with Crippen LogP contribution < -0.4 is 0 Å². The molecule has 0 radical (unpaired) electrons. The average Bonchev–Trinajstić information content (AvgIpc) is 3.21. The smallest absolute Gasteiger partial charge is 0.164 e. The Bertz CT molecular complexity index is 2560. The molecule has 0 aliphatic rings. The zero-order valence-corrected chi connectivity index (χ0v) is 27.0. The van der Waals surface area contributed by atoms with Gasteiger partial charge < -0.3 is 0 Å². The van der Waals surface area contributed by atoms with Crippen molar-refractivity contribution in [1.29, 1.82) is 0 Å². The molecule has 0 saturated heterocycles. The summed E-state index contributed by atoms with van der Waals surface area (Å²) in [4.78, 5) is 24.0. The van der Waals surface area contributed by atoms with Crippen molar-refractivity contribution in [2.75, 3.05) is 0 Å². The molecule has 0 saturated carbocycles. The Kier molecular flexibility index (Phi) is 7.41. The van der Waals surface area contributed by atoms with Crippen LogP contribution in [0.15, 0.2) is 176 Å². The molecule has 0 bridgehead atoms. The molecule has 0 spiro atoms. The lowest BCUT2D eigenvalue weighted by atomic mass is 9.90. The third-order valence-corrected chi connectivity index (χ3v) is 9.01. The van der Waals surface area contributed by atoms with Crippen LogP contribution in [0, 0.1) is 0 Å². The third-order valence-electron chi connectivity index (χ3n) is 9.01. The second kappa shape index (κ2) is 12.6. The van der Waals surface area contributed by atoms with Gasteiger partial charge in [0, 0.05) is 34.6 Å². The van der Waals surface area contributed by atoms with Gasteiger partial charge in [-0.1, -0.05) is 133 Å². The molecule has 234 valence electrons. The number of nitrogens with zero attached hydrogens (tertiary/aromatic N) is 5. The number of benzene rings is 7. The number of aromatic nitrogens is 5. The fourth-order valence-corrected chi connectivity index (χ4v) is 6.57. The standard InChI is InChI=1S/C45H29N5/c1-3-12-31(13-4-1)43-48-44(32-14-5-2-6-15-32)50-45(49-43)37-27-35(30-20-22-33(23-21-30)42-46-24-11-25-47-42)26-36(28-37)41-29-34-16-7-8-17-38(34)39-18-9-10-19-40(39)41/h1-29H. The van der Waals surface area contributed by atoms with Gasteiger partial charge >= 0.3 is 0 Å². The lowest BCUT2D eigenvalue weighted by Gasteiger charge is -2.15. The Hall–Kier alpha value is -6.85. The number of hydrogen-bond donors (Lipinski definition) is 0. The summed E-state index contributed by atoms with van der Waals surface area (Å²) in [6, 6.07) is 56.6. The van der Waals surface area contributed by atoms with E-state index in [2.05, 4.69) is 107 Å².